The molecule has 25 heavy (non-hydrogen) atoms. The van der Waals surface area contributed by atoms with E-state index in [9.17, 15) is 13.2 Å². The molecule has 2 heterocycles. The molecule has 2 atom stereocenters. The Bertz CT molecular complexity index is 834. The van der Waals surface area contributed by atoms with Crippen LogP contribution in [0.4, 0.5) is 5.69 Å². The highest BCUT2D eigenvalue weighted by atomic mass is 32.2. The number of thioether (sulfide) groups is 1. The Labute approximate surface area is 153 Å². The fourth-order valence-corrected chi connectivity index (χ4v) is 6.09. The highest BCUT2D eigenvalue weighted by Crippen LogP contribution is 2.36. The number of amidine groups is 1. The van der Waals surface area contributed by atoms with Crippen LogP contribution in [0.5, 0.6) is 0 Å². The first-order valence-electron chi connectivity index (χ1n) is 8.15. The third kappa shape index (κ3) is 3.69. The molecule has 1 aromatic carbocycles. The Morgan fingerprint density at radius 2 is 2.04 bits per heavy atom. The van der Waals surface area contributed by atoms with Crippen molar-refractivity contribution >= 4 is 38.4 Å². The largest absolute Gasteiger partial charge is 0.348 e. The third-order valence-corrected chi connectivity index (χ3v) is 7.21. The number of rotatable bonds is 3. The summed E-state index contributed by atoms with van der Waals surface area (Å²) in [4.78, 5) is 20.2. The molecule has 0 saturated carbocycles. The van der Waals surface area contributed by atoms with E-state index in [1.54, 1.807) is 19.0 Å². The van der Waals surface area contributed by atoms with Crippen molar-refractivity contribution in [1.82, 2.24) is 4.90 Å². The van der Waals surface area contributed by atoms with Crippen molar-refractivity contribution in [1.29, 1.82) is 0 Å². The van der Waals surface area contributed by atoms with Gasteiger partial charge in [-0.25, -0.2) is 8.42 Å². The number of sulfone groups is 1. The molecule has 2 aliphatic heterocycles. The summed E-state index contributed by atoms with van der Waals surface area (Å²) in [5.74, 6) is 0.503. The number of carbonyl (C=O) groups excluding carboxylic acids is 1. The quantitative estimate of drug-likeness (QED) is 0.793. The van der Waals surface area contributed by atoms with Crippen molar-refractivity contribution in [2.75, 3.05) is 36.3 Å². The number of aryl methyl sites for hydroxylation is 2. The Morgan fingerprint density at radius 1 is 1.32 bits per heavy atom. The number of benzene rings is 1. The molecule has 1 amide bonds. The van der Waals surface area contributed by atoms with Gasteiger partial charge in [0.15, 0.2) is 15.0 Å². The minimum atomic E-state index is -3.07. The summed E-state index contributed by atoms with van der Waals surface area (Å²) < 4.78 is 24.1. The number of carbonyl (C=O) groups is 1. The Hall–Kier alpha value is -1.54. The van der Waals surface area contributed by atoms with Gasteiger partial charge in [0, 0.05) is 19.8 Å². The first-order chi connectivity index (χ1) is 11.7. The van der Waals surface area contributed by atoms with Crippen LogP contribution in [0.25, 0.3) is 0 Å². The van der Waals surface area contributed by atoms with Crippen molar-refractivity contribution < 1.29 is 13.2 Å². The predicted octanol–water partition coefficient (Wildman–Crippen LogP) is 1.47. The molecule has 0 aromatic heterocycles. The van der Waals surface area contributed by atoms with E-state index in [4.69, 9.17) is 0 Å². The molecule has 0 unspecified atom stereocenters. The molecule has 2 aliphatic rings. The van der Waals surface area contributed by atoms with Crippen LogP contribution in [0.15, 0.2) is 23.2 Å². The van der Waals surface area contributed by atoms with Crippen LogP contribution in [0, 0.1) is 13.8 Å². The van der Waals surface area contributed by atoms with E-state index in [1.165, 1.54) is 11.8 Å². The molecule has 8 heteroatoms. The van der Waals surface area contributed by atoms with Gasteiger partial charge in [-0.3, -0.25) is 9.79 Å². The van der Waals surface area contributed by atoms with Crippen LogP contribution < -0.4 is 4.90 Å². The zero-order valence-electron chi connectivity index (χ0n) is 14.9. The fourth-order valence-electron chi connectivity index (χ4n) is 3.15. The van der Waals surface area contributed by atoms with Crippen LogP contribution in [0.3, 0.4) is 0 Å². The lowest BCUT2D eigenvalue weighted by Gasteiger charge is -2.28. The second kappa shape index (κ2) is 6.64. The lowest BCUT2D eigenvalue weighted by molar-refractivity contribution is -0.125. The van der Waals surface area contributed by atoms with Gasteiger partial charge in [-0.2, -0.15) is 0 Å². The Kier molecular flexibility index (Phi) is 4.85. The van der Waals surface area contributed by atoms with Crippen LogP contribution in [-0.4, -0.2) is 67.8 Å². The standard InChI is InChI=1S/C17H23N3O3S2/c1-11-5-6-12(2)14(7-11)20-15-10-25(22,23)9-13(15)18-17(20)24-8-16(21)19(3)4/h5-7,13,15H,8-10H2,1-4H3/t13-,15+/m1/s1. The molecule has 3 rings (SSSR count). The van der Waals surface area contributed by atoms with E-state index in [0.717, 1.165) is 22.0 Å². The van der Waals surface area contributed by atoms with Crippen molar-refractivity contribution in [3.63, 3.8) is 0 Å². The monoisotopic (exact) mass is 381 g/mol. The first-order valence-corrected chi connectivity index (χ1v) is 11.0. The topological polar surface area (TPSA) is 70.1 Å². The zero-order valence-corrected chi connectivity index (χ0v) is 16.5. The van der Waals surface area contributed by atoms with E-state index in [2.05, 4.69) is 11.1 Å². The summed E-state index contributed by atoms with van der Waals surface area (Å²) in [7, 11) is 0.380. The highest BCUT2D eigenvalue weighted by Gasteiger charge is 2.47. The number of amides is 1. The zero-order chi connectivity index (χ0) is 18.4. The van der Waals surface area contributed by atoms with Gasteiger partial charge in [0.05, 0.1) is 29.3 Å². The number of nitrogens with zero attached hydrogens (tertiary/aromatic N) is 3. The van der Waals surface area contributed by atoms with E-state index in [1.807, 2.05) is 30.9 Å². The molecule has 0 bridgehead atoms. The molecular formula is C17H23N3O3S2. The lowest BCUT2D eigenvalue weighted by Crippen LogP contribution is -2.40. The second-order valence-corrected chi connectivity index (χ2v) is 9.96. The van der Waals surface area contributed by atoms with Crippen molar-refractivity contribution in [3.8, 4) is 0 Å². The highest BCUT2D eigenvalue weighted by molar-refractivity contribution is 8.14. The maximum absolute atomic E-state index is 12.1. The number of anilines is 1. The van der Waals surface area contributed by atoms with E-state index in [-0.39, 0.29) is 29.5 Å². The van der Waals surface area contributed by atoms with Gasteiger partial charge < -0.3 is 9.80 Å². The van der Waals surface area contributed by atoms with E-state index in [0.29, 0.717) is 5.75 Å². The van der Waals surface area contributed by atoms with Gasteiger partial charge >= 0.3 is 0 Å². The van der Waals surface area contributed by atoms with Crippen LogP contribution in [-0.2, 0) is 14.6 Å². The average Bonchev–Trinajstić information content (AvgIpc) is 2.98. The predicted molar refractivity (Wildman–Crippen MR) is 103 cm³/mol. The number of hydrogen-bond donors (Lipinski definition) is 0. The summed E-state index contributed by atoms with van der Waals surface area (Å²) in [6.45, 7) is 4.03. The summed E-state index contributed by atoms with van der Waals surface area (Å²) >= 11 is 1.38. The molecule has 0 spiro atoms. The summed E-state index contributed by atoms with van der Waals surface area (Å²) in [6.07, 6.45) is 0. The fraction of sp³-hybridized carbons (Fsp3) is 0.529. The van der Waals surface area contributed by atoms with Gasteiger partial charge in [0.1, 0.15) is 0 Å². The van der Waals surface area contributed by atoms with Gasteiger partial charge in [0.2, 0.25) is 5.91 Å². The average molecular weight is 382 g/mol. The summed E-state index contributed by atoms with van der Waals surface area (Å²) in [5, 5.41) is 0.744. The molecule has 1 aromatic rings. The molecule has 1 saturated heterocycles. The van der Waals surface area contributed by atoms with Crippen molar-refractivity contribution in [2.45, 2.75) is 25.9 Å². The smallest absolute Gasteiger partial charge is 0.232 e. The Balaban J connectivity index is 1.94. The second-order valence-electron chi connectivity index (χ2n) is 6.86. The number of aliphatic imine (C=N–C) groups is 1. The molecule has 6 nitrogen and oxygen atoms in total. The molecule has 1 fully saturated rings. The van der Waals surface area contributed by atoms with E-state index >= 15 is 0 Å². The van der Waals surface area contributed by atoms with Crippen molar-refractivity contribution in [2.24, 2.45) is 4.99 Å². The maximum Gasteiger partial charge on any atom is 0.232 e. The van der Waals surface area contributed by atoms with Crippen LogP contribution >= 0.6 is 11.8 Å². The minimum absolute atomic E-state index is 0.0123. The SMILES string of the molecule is Cc1ccc(C)c(N2C(SCC(=O)N(C)C)=N[C@@H]3CS(=O)(=O)C[C@@H]32)c1. The maximum atomic E-state index is 12.1. The molecule has 0 aliphatic carbocycles. The Morgan fingerprint density at radius 3 is 2.72 bits per heavy atom. The molecule has 0 N–H and O–H groups in total. The van der Waals surface area contributed by atoms with Crippen molar-refractivity contribution in [3.05, 3.63) is 29.3 Å². The van der Waals surface area contributed by atoms with E-state index < -0.39 is 9.84 Å². The van der Waals surface area contributed by atoms with Gasteiger partial charge in [-0.05, 0) is 31.0 Å². The molecular weight excluding hydrogens is 358 g/mol. The minimum Gasteiger partial charge on any atom is -0.348 e. The molecule has 136 valence electrons. The van der Waals surface area contributed by atoms with Crippen LogP contribution in [0.1, 0.15) is 11.1 Å². The summed E-state index contributed by atoms with van der Waals surface area (Å²) in [5.41, 5.74) is 3.16. The van der Waals surface area contributed by atoms with Crippen LogP contribution in [0.2, 0.25) is 0 Å². The third-order valence-electron chi connectivity index (χ3n) is 4.56. The van der Waals surface area contributed by atoms with Gasteiger partial charge in [-0.15, -0.1) is 0 Å². The number of fused-ring (bicyclic) bond motifs is 1. The first kappa shape index (κ1) is 18.3. The van der Waals surface area contributed by atoms with Gasteiger partial charge in [-0.1, -0.05) is 23.9 Å². The van der Waals surface area contributed by atoms with Gasteiger partial charge in [0.25, 0.3) is 0 Å². The lowest BCUT2D eigenvalue weighted by atomic mass is 10.1. The normalized spacial score (nSPS) is 24.2. The molecule has 0 radical (unpaired) electrons. The number of hydrogen-bond acceptors (Lipinski definition) is 6. The summed E-state index contributed by atoms with van der Waals surface area (Å²) in [6, 6.07) is 5.71.